The van der Waals surface area contributed by atoms with Crippen LogP contribution in [0.15, 0.2) is 42.5 Å². The van der Waals surface area contributed by atoms with Gasteiger partial charge >= 0.3 is 0 Å². The van der Waals surface area contributed by atoms with Crippen LogP contribution >= 0.6 is 11.6 Å². The molecule has 3 aromatic carbocycles. The number of carbonyl (C=O) groups excluding carboxylic acids is 1. The van der Waals surface area contributed by atoms with E-state index in [4.69, 9.17) is 17.3 Å². The van der Waals surface area contributed by atoms with Gasteiger partial charge in [-0.25, -0.2) is 13.5 Å². The summed E-state index contributed by atoms with van der Waals surface area (Å²) in [4.78, 5) is 15.7. The number of amides is 1. The van der Waals surface area contributed by atoms with Crippen LogP contribution in [0.1, 0.15) is 55.5 Å². The smallest absolute Gasteiger partial charge is 0.254 e. The van der Waals surface area contributed by atoms with Crippen molar-refractivity contribution in [2.24, 2.45) is 5.73 Å². The minimum atomic E-state index is -1.15. The lowest BCUT2D eigenvalue weighted by atomic mass is 9.90. The summed E-state index contributed by atoms with van der Waals surface area (Å²) in [5.41, 5.74) is 7.06. The van der Waals surface area contributed by atoms with Crippen molar-refractivity contribution >= 4 is 28.5 Å². The Balaban J connectivity index is 1.50. The zero-order valence-electron chi connectivity index (χ0n) is 23.1. The zero-order valence-corrected chi connectivity index (χ0v) is 23.9. The molecule has 0 unspecified atom stereocenters. The molecule has 3 N–H and O–H groups in total. The van der Waals surface area contributed by atoms with E-state index in [0.717, 1.165) is 25.7 Å². The van der Waals surface area contributed by atoms with Gasteiger partial charge in [-0.15, -0.1) is 5.10 Å². The van der Waals surface area contributed by atoms with Crippen LogP contribution in [0.5, 0.6) is 0 Å². The lowest BCUT2D eigenvalue weighted by molar-refractivity contribution is 0.0571. The molecule has 2 fully saturated rings. The first-order chi connectivity index (χ1) is 19.9. The van der Waals surface area contributed by atoms with Gasteiger partial charge in [0.15, 0.2) is 5.82 Å². The summed E-state index contributed by atoms with van der Waals surface area (Å²) in [7, 11) is 0. The number of hydrogen-bond donors (Lipinski definition) is 2. The van der Waals surface area contributed by atoms with Crippen molar-refractivity contribution in [1.29, 1.82) is 5.26 Å². The number of carbonyl (C=O) groups is 1. The highest BCUT2D eigenvalue weighted by Crippen LogP contribution is 2.41. The molecule has 0 aliphatic carbocycles. The summed E-state index contributed by atoms with van der Waals surface area (Å²) in [6.45, 7) is 3.22. The number of halogens is 3. The summed E-state index contributed by atoms with van der Waals surface area (Å²) in [5, 5.41) is 27.5. The van der Waals surface area contributed by atoms with Gasteiger partial charge in [0.1, 0.15) is 27.9 Å². The fourth-order valence-corrected chi connectivity index (χ4v) is 6.67. The molecule has 2 aliphatic heterocycles. The average molecular weight is 591 g/mol. The fourth-order valence-electron chi connectivity index (χ4n) is 6.37. The molecule has 3 atom stereocenters. The molecule has 1 aromatic heterocycles. The molecule has 42 heavy (non-hydrogen) atoms. The number of fused-ring (bicyclic) bond motifs is 3. The van der Waals surface area contributed by atoms with E-state index in [1.807, 2.05) is 11.0 Å². The van der Waals surface area contributed by atoms with Crippen molar-refractivity contribution in [3.8, 4) is 28.3 Å². The van der Waals surface area contributed by atoms with Crippen LogP contribution in [-0.2, 0) is 6.54 Å². The number of nitrogens with zero attached hydrogens (tertiary/aromatic N) is 5. The molecule has 2 bridgehead atoms. The van der Waals surface area contributed by atoms with Crippen LogP contribution in [-0.4, -0.2) is 54.6 Å². The molecule has 11 heteroatoms. The van der Waals surface area contributed by atoms with E-state index < -0.39 is 17.2 Å². The Kier molecular flexibility index (Phi) is 7.00. The predicted octanol–water partition coefficient (Wildman–Crippen LogP) is 5.43. The van der Waals surface area contributed by atoms with E-state index in [0.29, 0.717) is 27.8 Å². The number of aromatic nitrogens is 3. The molecule has 6 rings (SSSR count). The third-order valence-electron chi connectivity index (χ3n) is 8.18. The maximum Gasteiger partial charge on any atom is 0.254 e. The standard InChI is InChI=1S/C31H29ClF2N6O2/c1-31(2,42)15-39-29-26(37-38-39)13-24(28(34)27(29)32)22-8-5-17(9-23(22)16-3-4-18(14-35)25(33)10-16)30(41)40-20-6-7-21(40)12-19(36)11-20/h3-5,8-10,13,19-21,42H,6-7,11-12,15,36H2,1-2H3/t19-,20+,21-. The van der Waals surface area contributed by atoms with Crippen molar-refractivity contribution in [3.05, 3.63) is 70.2 Å². The van der Waals surface area contributed by atoms with Gasteiger partial charge in [0.25, 0.3) is 5.91 Å². The van der Waals surface area contributed by atoms with E-state index in [1.165, 1.54) is 22.9 Å². The number of benzene rings is 3. The van der Waals surface area contributed by atoms with Crippen molar-refractivity contribution in [3.63, 3.8) is 0 Å². The Morgan fingerprint density at radius 3 is 2.48 bits per heavy atom. The average Bonchev–Trinajstić information content (AvgIpc) is 3.46. The SMILES string of the molecule is CC(C)(O)Cn1nnc2cc(-c3ccc(C(=O)N4[C@@H]5CC[C@H]4C[C@@H](N)C5)cc3-c3ccc(C#N)c(F)c3)c(F)c(Cl)c21. The van der Waals surface area contributed by atoms with Gasteiger partial charge < -0.3 is 15.7 Å². The minimum Gasteiger partial charge on any atom is -0.389 e. The summed E-state index contributed by atoms with van der Waals surface area (Å²) in [6.07, 6.45) is 3.28. The lowest BCUT2D eigenvalue weighted by Gasteiger charge is -2.38. The molecule has 4 aromatic rings. The van der Waals surface area contributed by atoms with Crippen LogP contribution in [0.4, 0.5) is 8.78 Å². The number of aliphatic hydroxyl groups is 1. The van der Waals surface area contributed by atoms with Gasteiger partial charge in [-0.3, -0.25) is 4.79 Å². The normalized spacial score (nSPS) is 20.2. The van der Waals surface area contributed by atoms with Crippen molar-refractivity contribution in [1.82, 2.24) is 19.9 Å². The highest BCUT2D eigenvalue weighted by atomic mass is 35.5. The van der Waals surface area contributed by atoms with Crippen LogP contribution in [0.2, 0.25) is 5.02 Å². The number of hydrogen-bond acceptors (Lipinski definition) is 6. The Bertz CT molecular complexity index is 1760. The summed E-state index contributed by atoms with van der Waals surface area (Å²) in [5.74, 6) is -1.63. The number of rotatable bonds is 5. The quantitative estimate of drug-likeness (QED) is 0.319. The fraction of sp³-hybridized carbons (Fsp3) is 0.355. The minimum absolute atomic E-state index is 0.0397. The second kappa shape index (κ2) is 10.4. The van der Waals surface area contributed by atoms with Crippen molar-refractivity contribution < 1.29 is 18.7 Å². The Morgan fingerprint density at radius 2 is 1.83 bits per heavy atom. The molecule has 0 spiro atoms. The van der Waals surface area contributed by atoms with Gasteiger partial charge in [0.2, 0.25) is 0 Å². The number of nitriles is 1. The predicted molar refractivity (Wildman–Crippen MR) is 155 cm³/mol. The maximum atomic E-state index is 16.0. The van der Waals surface area contributed by atoms with Gasteiger partial charge in [0.05, 0.1) is 17.7 Å². The summed E-state index contributed by atoms with van der Waals surface area (Å²) < 4.78 is 32.2. The van der Waals surface area contributed by atoms with E-state index in [-0.39, 0.29) is 52.2 Å². The molecule has 0 radical (unpaired) electrons. The van der Waals surface area contributed by atoms with Crippen molar-refractivity contribution in [2.75, 3.05) is 0 Å². The summed E-state index contributed by atoms with van der Waals surface area (Å²) in [6, 6.07) is 12.5. The van der Waals surface area contributed by atoms with E-state index in [9.17, 15) is 19.6 Å². The Morgan fingerprint density at radius 1 is 1.12 bits per heavy atom. The number of nitrogens with two attached hydrogens (primary N) is 1. The topological polar surface area (TPSA) is 121 Å². The molecule has 216 valence electrons. The second-order valence-corrected chi connectivity index (χ2v) is 12.3. The lowest BCUT2D eigenvalue weighted by Crippen LogP contribution is -2.50. The Hall–Kier alpha value is -3.91. The first kappa shape index (κ1) is 28.2. The molecule has 3 heterocycles. The van der Waals surface area contributed by atoms with E-state index in [2.05, 4.69) is 10.3 Å². The van der Waals surface area contributed by atoms with Crippen LogP contribution in [0.25, 0.3) is 33.3 Å². The first-order valence-electron chi connectivity index (χ1n) is 13.8. The molecule has 8 nitrogen and oxygen atoms in total. The van der Waals surface area contributed by atoms with Crippen LogP contribution < -0.4 is 5.73 Å². The zero-order chi connectivity index (χ0) is 29.9. The van der Waals surface area contributed by atoms with E-state index >= 15 is 4.39 Å². The molecule has 2 aliphatic rings. The molecule has 1 amide bonds. The maximum absolute atomic E-state index is 16.0. The molecular formula is C31H29ClF2N6O2. The van der Waals surface area contributed by atoms with Gasteiger partial charge in [0, 0.05) is 29.3 Å². The second-order valence-electron chi connectivity index (χ2n) is 11.9. The monoisotopic (exact) mass is 590 g/mol. The van der Waals surface area contributed by atoms with Gasteiger partial charge in [-0.05, 0) is 86.6 Å². The number of piperidine rings is 1. The van der Waals surface area contributed by atoms with Gasteiger partial charge in [-0.2, -0.15) is 5.26 Å². The van der Waals surface area contributed by atoms with Gasteiger partial charge in [-0.1, -0.05) is 28.9 Å². The third-order valence-corrected chi connectivity index (χ3v) is 8.52. The molecular weight excluding hydrogens is 562 g/mol. The van der Waals surface area contributed by atoms with E-state index in [1.54, 1.807) is 38.1 Å². The first-order valence-corrected chi connectivity index (χ1v) is 14.2. The molecule has 2 saturated heterocycles. The highest BCUT2D eigenvalue weighted by molar-refractivity contribution is 6.35. The third kappa shape index (κ3) is 4.91. The Labute approximate surface area is 246 Å². The molecule has 0 saturated carbocycles. The van der Waals surface area contributed by atoms with Crippen molar-refractivity contribution in [2.45, 2.75) is 69.8 Å². The summed E-state index contributed by atoms with van der Waals surface area (Å²) >= 11 is 6.53. The van der Waals surface area contributed by atoms with Crippen LogP contribution in [0.3, 0.4) is 0 Å². The van der Waals surface area contributed by atoms with Crippen LogP contribution in [0, 0.1) is 23.0 Å². The largest absolute Gasteiger partial charge is 0.389 e. The highest BCUT2D eigenvalue weighted by Gasteiger charge is 2.42.